The van der Waals surface area contributed by atoms with Gasteiger partial charge in [-0.3, -0.25) is 4.98 Å². The molecule has 130 valence electrons. The monoisotopic (exact) mass is 336 g/mol. The van der Waals surface area contributed by atoms with E-state index in [9.17, 15) is 5.11 Å². The number of furan rings is 1. The molecule has 2 aromatic heterocycles. The minimum Gasteiger partial charge on any atom is -0.466 e. The average molecular weight is 336 g/mol. The third-order valence-corrected chi connectivity index (χ3v) is 4.39. The van der Waals surface area contributed by atoms with Gasteiger partial charge >= 0.3 is 0 Å². The van der Waals surface area contributed by atoms with Crippen LogP contribution in [0, 0.1) is 13.8 Å². The number of hydrogen-bond acceptors (Lipinski definition) is 4. The molecule has 4 heteroatoms. The Morgan fingerprint density at radius 1 is 1.12 bits per heavy atom. The highest BCUT2D eigenvalue weighted by molar-refractivity contribution is 5.30. The van der Waals surface area contributed by atoms with E-state index in [1.54, 1.807) is 13.1 Å². The lowest BCUT2D eigenvalue weighted by atomic mass is 9.94. The lowest BCUT2D eigenvalue weighted by molar-refractivity contribution is 0.0534. The van der Waals surface area contributed by atoms with Crippen LogP contribution >= 0.6 is 0 Å². The molecule has 2 heterocycles. The summed E-state index contributed by atoms with van der Waals surface area (Å²) < 4.78 is 5.58. The van der Waals surface area contributed by atoms with Gasteiger partial charge in [0.2, 0.25) is 0 Å². The molecule has 0 fully saturated rings. The number of aryl methyl sites for hydroxylation is 2. The topological polar surface area (TPSA) is 58.3 Å². The van der Waals surface area contributed by atoms with Crippen molar-refractivity contribution in [3.63, 3.8) is 0 Å². The van der Waals surface area contributed by atoms with E-state index in [1.807, 2.05) is 56.3 Å². The van der Waals surface area contributed by atoms with Crippen LogP contribution in [0.3, 0.4) is 0 Å². The number of pyridine rings is 1. The van der Waals surface area contributed by atoms with Crippen LogP contribution in [0.4, 0.5) is 0 Å². The molecule has 0 aliphatic rings. The van der Waals surface area contributed by atoms with Crippen molar-refractivity contribution in [2.75, 3.05) is 6.54 Å². The Morgan fingerprint density at radius 2 is 1.84 bits per heavy atom. The zero-order valence-electron chi connectivity index (χ0n) is 14.9. The van der Waals surface area contributed by atoms with Gasteiger partial charge in [-0.25, -0.2) is 0 Å². The molecule has 0 saturated heterocycles. The van der Waals surface area contributed by atoms with Crippen molar-refractivity contribution in [3.8, 4) is 0 Å². The smallest absolute Gasteiger partial charge is 0.107 e. The van der Waals surface area contributed by atoms with Crippen molar-refractivity contribution in [1.29, 1.82) is 0 Å². The maximum Gasteiger partial charge on any atom is 0.107 e. The third kappa shape index (κ3) is 3.98. The molecule has 3 aromatic rings. The van der Waals surface area contributed by atoms with Crippen LogP contribution in [0.2, 0.25) is 0 Å². The summed E-state index contributed by atoms with van der Waals surface area (Å²) in [4.78, 5) is 4.49. The van der Waals surface area contributed by atoms with E-state index >= 15 is 0 Å². The van der Waals surface area contributed by atoms with Crippen molar-refractivity contribution >= 4 is 0 Å². The molecule has 2 unspecified atom stereocenters. The summed E-state index contributed by atoms with van der Waals surface area (Å²) in [7, 11) is 0. The molecule has 0 aliphatic carbocycles. The maximum atomic E-state index is 11.0. The highest BCUT2D eigenvalue weighted by Gasteiger charge is 2.29. The van der Waals surface area contributed by atoms with Gasteiger partial charge in [0, 0.05) is 18.3 Å². The maximum absolute atomic E-state index is 11.0. The predicted molar refractivity (Wildman–Crippen MR) is 98.3 cm³/mol. The van der Waals surface area contributed by atoms with Crippen LogP contribution in [0.5, 0.6) is 0 Å². The second-order valence-corrected chi connectivity index (χ2v) is 6.58. The lowest BCUT2D eigenvalue weighted by Gasteiger charge is -2.27. The Hall–Kier alpha value is -2.43. The van der Waals surface area contributed by atoms with Gasteiger partial charge in [-0.05, 0) is 44.5 Å². The number of rotatable bonds is 6. The van der Waals surface area contributed by atoms with Crippen molar-refractivity contribution < 1.29 is 9.52 Å². The van der Waals surface area contributed by atoms with E-state index in [4.69, 9.17) is 4.42 Å². The van der Waals surface area contributed by atoms with Crippen LogP contribution in [0.25, 0.3) is 0 Å². The molecule has 4 nitrogen and oxygen atoms in total. The number of aliphatic hydroxyl groups is 1. The predicted octanol–water partition coefficient (Wildman–Crippen LogP) is 3.88. The molecule has 0 saturated carbocycles. The fourth-order valence-corrected chi connectivity index (χ4v) is 3.15. The van der Waals surface area contributed by atoms with Crippen molar-refractivity contribution in [2.45, 2.75) is 32.4 Å². The molecular formula is C21H24N2O2. The van der Waals surface area contributed by atoms with Gasteiger partial charge in [0.15, 0.2) is 0 Å². The Morgan fingerprint density at radius 3 is 2.44 bits per heavy atom. The van der Waals surface area contributed by atoms with Gasteiger partial charge in [0.1, 0.15) is 17.1 Å². The standard InChI is InChI=1S/C21H24N2O2/c1-15-13-18(16(2)25-15)21(3,24)14-23-20(17-9-5-4-6-10-17)19-11-7-8-12-22-19/h4-13,20,23-24H,14H2,1-3H3. The first-order valence-corrected chi connectivity index (χ1v) is 8.46. The van der Waals surface area contributed by atoms with E-state index in [-0.39, 0.29) is 6.04 Å². The van der Waals surface area contributed by atoms with Gasteiger partial charge < -0.3 is 14.8 Å². The SMILES string of the molecule is Cc1cc(C(C)(O)CNC(c2ccccc2)c2ccccn2)c(C)o1. The fourth-order valence-electron chi connectivity index (χ4n) is 3.15. The van der Waals surface area contributed by atoms with Gasteiger partial charge in [0.05, 0.1) is 11.7 Å². The normalized spacial score (nSPS) is 14.9. The third-order valence-electron chi connectivity index (χ3n) is 4.39. The molecule has 0 radical (unpaired) electrons. The van der Waals surface area contributed by atoms with Gasteiger partial charge in [-0.15, -0.1) is 0 Å². The minimum atomic E-state index is -1.04. The number of nitrogens with one attached hydrogen (secondary N) is 1. The van der Waals surface area contributed by atoms with Crippen LogP contribution < -0.4 is 5.32 Å². The molecule has 0 bridgehead atoms. The highest BCUT2D eigenvalue weighted by atomic mass is 16.3. The second-order valence-electron chi connectivity index (χ2n) is 6.58. The zero-order valence-corrected chi connectivity index (χ0v) is 14.9. The van der Waals surface area contributed by atoms with E-state index < -0.39 is 5.60 Å². The molecule has 0 amide bonds. The Kier molecular flexibility index (Phi) is 5.02. The first kappa shape index (κ1) is 17.4. The van der Waals surface area contributed by atoms with Crippen LogP contribution in [-0.4, -0.2) is 16.6 Å². The quantitative estimate of drug-likeness (QED) is 0.717. The lowest BCUT2D eigenvalue weighted by Crippen LogP contribution is -2.38. The van der Waals surface area contributed by atoms with Crippen LogP contribution in [-0.2, 0) is 5.60 Å². The summed E-state index contributed by atoms with van der Waals surface area (Å²) in [5, 5.41) is 14.5. The number of nitrogens with zero attached hydrogens (tertiary/aromatic N) is 1. The largest absolute Gasteiger partial charge is 0.466 e. The Bertz CT molecular complexity index is 771. The summed E-state index contributed by atoms with van der Waals surface area (Å²) in [5.74, 6) is 1.55. The molecule has 2 atom stereocenters. The van der Waals surface area contributed by atoms with Crippen molar-refractivity contribution in [2.24, 2.45) is 0 Å². The highest BCUT2D eigenvalue weighted by Crippen LogP contribution is 2.28. The average Bonchev–Trinajstić information content (AvgIpc) is 2.96. The van der Waals surface area contributed by atoms with E-state index in [2.05, 4.69) is 22.4 Å². The molecule has 1 aromatic carbocycles. The molecular weight excluding hydrogens is 312 g/mol. The minimum absolute atomic E-state index is 0.0952. The van der Waals surface area contributed by atoms with Crippen molar-refractivity contribution in [1.82, 2.24) is 10.3 Å². The van der Waals surface area contributed by atoms with Crippen molar-refractivity contribution in [3.05, 3.63) is 89.1 Å². The van der Waals surface area contributed by atoms with Crippen LogP contribution in [0.15, 0.2) is 65.2 Å². The van der Waals surface area contributed by atoms with Gasteiger partial charge in [-0.2, -0.15) is 0 Å². The molecule has 25 heavy (non-hydrogen) atoms. The van der Waals surface area contributed by atoms with E-state index in [0.29, 0.717) is 6.54 Å². The second kappa shape index (κ2) is 7.21. The summed E-state index contributed by atoms with van der Waals surface area (Å²) in [6.07, 6.45) is 1.79. The summed E-state index contributed by atoms with van der Waals surface area (Å²) in [6.45, 7) is 5.95. The Labute approximate surface area is 148 Å². The molecule has 0 spiro atoms. The molecule has 3 rings (SSSR count). The first-order valence-electron chi connectivity index (χ1n) is 8.46. The van der Waals surface area contributed by atoms with E-state index in [0.717, 1.165) is 28.3 Å². The molecule has 2 N–H and O–H groups in total. The van der Waals surface area contributed by atoms with Crippen LogP contribution in [0.1, 0.15) is 41.3 Å². The number of aromatic nitrogens is 1. The van der Waals surface area contributed by atoms with E-state index in [1.165, 1.54) is 0 Å². The summed E-state index contributed by atoms with van der Waals surface area (Å²) >= 11 is 0. The number of benzene rings is 1. The summed E-state index contributed by atoms with van der Waals surface area (Å²) in [6, 6.07) is 17.8. The van der Waals surface area contributed by atoms with Gasteiger partial charge in [-0.1, -0.05) is 36.4 Å². The summed E-state index contributed by atoms with van der Waals surface area (Å²) in [5.41, 5.74) is 1.80. The molecule has 0 aliphatic heterocycles. The number of hydrogen-bond donors (Lipinski definition) is 2. The zero-order chi connectivity index (χ0) is 17.9. The van der Waals surface area contributed by atoms with Gasteiger partial charge in [0.25, 0.3) is 0 Å². The Balaban J connectivity index is 1.85. The first-order chi connectivity index (χ1) is 12.0. The fraction of sp³-hybridized carbons (Fsp3) is 0.286.